The summed E-state index contributed by atoms with van der Waals surface area (Å²) in [5.41, 5.74) is 3.91. The molecule has 2 nitrogen and oxygen atoms in total. The molecular formula is C21H22N2. The zero-order valence-corrected chi connectivity index (χ0v) is 13.4. The highest BCUT2D eigenvalue weighted by molar-refractivity contribution is 5.63. The van der Waals surface area contributed by atoms with Crippen LogP contribution >= 0.6 is 0 Å². The summed E-state index contributed by atoms with van der Waals surface area (Å²) in [6.45, 7) is 2.20. The fraction of sp³-hybridized carbons (Fsp3) is 0.190. The van der Waals surface area contributed by atoms with Crippen LogP contribution < -0.4 is 5.32 Å². The highest BCUT2D eigenvalue weighted by Crippen LogP contribution is 2.20. The average molecular weight is 302 g/mol. The maximum Gasteiger partial charge on any atom is 0.126 e. The van der Waals surface area contributed by atoms with Crippen LogP contribution in [0, 0.1) is 0 Å². The van der Waals surface area contributed by atoms with E-state index < -0.39 is 0 Å². The molecule has 1 atom stereocenters. The summed E-state index contributed by atoms with van der Waals surface area (Å²) >= 11 is 0. The number of aryl methyl sites for hydroxylation is 1. The van der Waals surface area contributed by atoms with Gasteiger partial charge in [0.1, 0.15) is 5.82 Å². The van der Waals surface area contributed by atoms with Gasteiger partial charge in [0.25, 0.3) is 0 Å². The van der Waals surface area contributed by atoms with E-state index in [4.69, 9.17) is 0 Å². The normalized spacial score (nSPS) is 11.9. The standard InChI is InChI=1S/C21H22N2/c1-17(23-21-9-5-6-16-22-21)10-11-18-12-14-20(15-13-18)19-7-3-2-4-8-19/h2-9,12-17H,10-11H2,1H3,(H,22,23). The molecule has 0 aliphatic carbocycles. The molecule has 3 rings (SSSR count). The van der Waals surface area contributed by atoms with Gasteiger partial charge in [-0.15, -0.1) is 0 Å². The molecule has 116 valence electrons. The maximum absolute atomic E-state index is 4.31. The van der Waals surface area contributed by atoms with Gasteiger partial charge in [0.15, 0.2) is 0 Å². The van der Waals surface area contributed by atoms with Crippen LogP contribution in [0.3, 0.4) is 0 Å². The molecule has 1 unspecified atom stereocenters. The van der Waals surface area contributed by atoms with Crippen molar-refractivity contribution in [1.82, 2.24) is 4.98 Å². The summed E-state index contributed by atoms with van der Waals surface area (Å²) in [6.07, 6.45) is 3.97. The molecule has 0 fully saturated rings. The molecule has 0 bridgehead atoms. The molecule has 0 aliphatic heterocycles. The van der Waals surface area contributed by atoms with Gasteiger partial charge in [-0.25, -0.2) is 4.98 Å². The van der Waals surface area contributed by atoms with E-state index in [1.54, 1.807) is 0 Å². The van der Waals surface area contributed by atoms with Crippen molar-refractivity contribution < 1.29 is 0 Å². The number of anilines is 1. The van der Waals surface area contributed by atoms with Crippen LogP contribution in [0.15, 0.2) is 79.0 Å². The fourth-order valence-electron chi connectivity index (χ4n) is 2.65. The van der Waals surface area contributed by atoms with Crippen LogP contribution in [-0.2, 0) is 6.42 Å². The Morgan fingerprint density at radius 2 is 1.52 bits per heavy atom. The Morgan fingerprint density at radius 1 is 0.826 bits per heavy atom. The summed E-state index contributed by atoms with van der Waals surface area (Å²) in [4.78, 5) is 4.31. The van der Waals surface area contributed by atoms with E-state index in [9.17, 15) is 0 Å². The maximum atomic E-state index is 4.31. The largest absolute Gasteiger partial charge is 0.368 e. The van der Waals surface area contributed by atoms with Crippen molar-refractivity contribution in [2.24, 2.45) is 0 Å². The summed E-state index contributed by atoms with van der Waals surface area (Å²) in [6, 6.07) is 25.7. The predicted molar refractivity (Wildman–Crippen MR) is 97.5 cm³/mol. The summed E-state index contributed by atoms with van der Waals surface area (Å²) in [7, 11) is 0. The molecular weight excluding hydrogens is 280 g/mol. The van der Waals surface area contributed by atoms with Gasteiger partial charge < -0.3 is 5.32 Å². The monoisotopic (exact) mass is 302 g/mol. The number of hydrogen-bond acceptors (Lipinski definition) is 2. The van der Waals surface area contributed by atoms with Crippen molar-refractivity contribution in [2.45, 2.75) is 25.8 Å². The number of rotatable bonds is 6. The minimum Gasteiger partial charge on any atom is -0.368 e. The number of pyridine rings is 1. The van der Waals surface area contributed by atoms with Crippen molar-refractivity contribution in [3.8, 4) is 11.1 Å². The van der Waals surface area contributed by atoms with E-state index in [-0.39, 0.29) is 0 Å². The lowest BCUT2D eigenvalue weighted by molar-refractivity contribution is 0.703. The molecule has 0 saturated carbocycles. The van der Waals surface area contributed by atoms with Crippen LogP contribution in [0.5, 0.6) is 0 Å². The molecule has 3 aromatic rings. The zero-order valence-electron chi connectivity index (χ0n) is 13.4. The Morgan fingerprint density at radius 3 is 2.22 bits per heavy atom. The van der Waals surface area contributed by atoms with E-state index in [0.717, 1.165) is 18.7 Å². The molecule has 23 heavy (non-hydrogen) atoms. The van der Waals surface area contributed by atoms with Crippen molar-refractivity contribution in [2.75, 3.05) is 5.32 Å². The Labute approximate surface area is 138 Å². The van der Waals surface area contributed by atoms with Gasteiger partial charge in [0.05, 0.1) is 0 Å². The lowest BCUT2D eigenvalue weighted by atomic mass is 10.0. The third kappa shape index (κ3) is 4.43. The lowest BCUT2D eigenvalue weighted by Crippen LogP contribution is -2.16. The van der Waals surface area contributed by atoms with Gasteiger partial charge in [-0.1, -0.05) is 60.7 Å². The fourth-order valence-corrected chi connectivity index (χ4v) is 2.65. The number of nitrogens with zero attached hydrogens (tertiary/aromatic N) is 1. The van der Waals surface area contributed by atoms with Crippen molar-refractivity contribution in [3.63, 3.8) is 0 Å². The first-order chi connectivity index (χ1) is 11.3. The van der Waals surface area contributed by atoms with E-state index in [2.05, 4.69) is 65.8 Å². The smallest absolute Gasteiger partial charge is 0.126 e. The van der Waals surface area contributed by atoms with Crippen molar-refractivity contribution >= 4 is 5.82 Å². The first-order valence-corrected chi connectivity index (χ1v) is 8.13. The van der Waals surface area contributed by atoms with Crippen molar-refractivity contribution in [1.29, 1.82) is 0 Å². The third-order valence-corrected chi connectivity index (χ3v) is 3.99. The average Bonchev–Trinajstić information content (AvgIpc) is 2.62. The van der Waals surface area contributed by atoms with E-state index in [1.807, 2.05) is 30.5 Å². The highest BCUT2D eigenvalue weighted by atomic mass is 15.0. The molecule has 1 heterocycles. The summed E-state index contributed by atoms with van der Waals surface area (Å²) in [5.74, 6) is 0.944. The van der Waals surface area contributed by atoms with E-state index in [0.29, 0.717) is 6.04 Å². The first-order valence-electron chi connectivity index (χ1n) is 8.13. The van der Waals surface area contributed by atoms with Crippen LogP contribution in [0.2, 0.25) is 0 Å². The van der Waals surface area contributed by atoms with Crippen LogP contribution in [0.4, 0.5) is 5.82 Å². The van der Waals surface area contributed by atoms with Crippen LogP contribution in [0.25, 0.3) is 11.1 Å². The number of benzene rings is 2. The Kier molecular flexibility index (Phi) is 5.05. The number of nitrogens with one attached hydrogen (secondary N) is 1. The minimum atomic E-state index is 0.402. The Bertz CT molecular complexity index is 706. The molecule has 0 aliphatic rings. The molecule has 1 aromatic heterocycles. The quantitative estimate of drug-likeness (QED) is 0.678. The number of aromatic nitrogens is 1. The van der Waals surface area contributed by atoms with Gasteiger partial charge in [0, 0.05) is 12.2 Å². The Balaban J connectivity index is 1.54. The second-order valence-corrected chi connectivity index (χ2v) is 5.86. The second kappa shape index (κ2) is 7.59. The topological polar surface area (TPSA) is 24.9 Å². The zero-order chi connectivity index (χ0) is 15.9. The van der Waals surface area contributed by atoms with Gasteiger partial charge in [-0.3, -0.25) is 0 Å². The van der Waals surface area contributed by atoms with Crippen LogP contribution in [0.1, 0.15) is 18.9 Å². The third-order valence-electron chi connectivity index (χ3n) is 3.99. The SMILES string of the molecule is CC(CCc1ccc(-c2ccccc2)cc1)Nc1ccccn1. The van der Waals surface area contributed by atoms with Crippen molar-refractivity contribution in [3.05, 3.63) is 84.6 Å². The molecule has 2 aromatic carbocycles. The summed E-state index contributed by atoms with van der Waals surface area (Å²) in [5, 5.41) is 3.44. The molecule has 0 saturated heterocycles. The molecule has 1 N–H and O–H groups in total. The first kappa shape index (κ1) is 15.3. The van der Waals surface area contributed by atoms with Crippen LogP contribution in [-0.4, -0.2) is 11.0 Å². The van der Waals surface area contributed by atoms with Gasteiger partial charge in [0.2, 0.25) is 0 Å². The van der Waals surface area contributed by atoms with E-state index in [1.165, 1.54) is 16.7 Å². The van der Waals surface area contributed by atoms with E-state index >= 15 is 0 Å². The molecule has 0 radical (unpaired) electrons. The van der Waals surface area contributed by atoms with Gasteiger partial charge in [-0.05, 0) is 48.6 Å². The number of hydrogen-bond donors (Lipinski definition) is 1. The highest BCUT2D eigenvalue weighted by Gasteiger charge is 2.04. The second-order valence-electron chi connectivity index (χ2n) is 5.86. The van der Waals surface area contributed by atoms with Gasteiger partial charge >= 0.3 is 0 Å². The molecule has 0 amide bonds. The molecule has 2 heteroatoms. The molecule has 0 spiro atoms. The Hall–Kier alpha value is -2.61. The minimum absolute atomic E-state index is 0.402. The summed E-state index contributed by atoms with van der Waals surface area (Å²) < 4.78 is 0. The lowest BCUT2D eigenvalue weighted by Gasteiger charge is -2.14. The van der Waals surface area contributed by atoms with Gasteiger partial charge in [-0.2, -0.15) is 0 Å². The predicted octanol–water partition coefficient (Wildman–Crippen LogP) is 5.18.